The minimum absolute atomic E-state index is 0. The second kappa shape index (κ2) is 266. The average molecular weight is 2070 g/mol. The van der Waals surface area contributed by atoms with Crippen LogP contribution in [0.15, 0.2) is 35.7 Å². The van der Waals surface area contributed by atoms with Crippen LogP contribution >= 0.6 is 77.4 Å². The molecule has 50 heteroatoms. The number of hydrogen-bond acceptors (Lipinski definition) is 16. The van der Waals surface area contributed by atoms with Gasteiger partial charge in [-0.1, -0.05) is 156 Å². The predicted octanol–water partition coefficient (Wildman–Crippen LogP) is -5.80. The van der Waals surface area contributed by atoms with Crippen molar-refractivity contribution in [3.63, 3.8) is 0 Å². The van der Waals surface area contributed by atoms with Gasteiger partial charge in [-0.25, -0.2) is 30.7 Å². The topological polar surface area (TPSA) is 266 Å². The number of ketones is 2. The van der Waals surface area contributed by atoms with E-state index in [-0.39, 0.29) is 461 Å². The zero-order valence-electron chi connectivity index (χ0n) is 77.1. The van der Waals surface area contributed by atoms with Gasteiger partial charge in [0.25, 0.3) is 12.9 Å². The van der Waals surface area contributed by atoms with Gasteiger partial charge in [0, 0.05) is 116 Å². The first-order valence-corrected chi connectivity index (χ1v) is 31.8. The van der Waals surface area contributed by atoms with Crippen molar-refractivity contribution in [2.45, 2.75) is 234 Å². The molecule has 0 spiro atoms. The minimum atomic E-state index is -6.17. The van der Waals surface area contributed by atoms with Crippen LogP contribution in [0.1, 0.15) is 230 Å². The number of carbonyl (C=O) groups is 6. The fourth-order valence-corrected chi connectivity index (χ4v) is 1.26. The van der Waals surface area contributed by atoms with Crippen LogP contribution in [-0.4, -0.2) is 152 Å². The standard InChI is InChI=1S/C5H12O.C4H9Br.C4H6F4.C4H6F2.C4H6O2.C4H10O.C4H8O.2C4H9.C3H3F3.C3H8O.C2H5Br.C2F4.C2H6O.C2H4O.2C2H6.2CH2O3.2CH4O.2B.2BrH.F4S.FH.5K.2Li.2Na.5H/c1-3-4-5-6-2;1-2-3-4-5;1-3(5,6)4(2,7)8;2*1-3(5)4(2)6;2*1-2-3-4-5;2*1-3-4-2;1-2(4)3(5)6;1-3-4-2;1-2-3;3-1(4)2(5)6;2*1-2-3;2*1-2;2*2-1-4-3;2*1-2;;;;;1-5(2,3)4;;;;;;;;;;;;;;;/h3-5H2,1-2H3;2-4H2,1H3;1-2H3;2*1-2H3;5H,2-4H2,1H3;4H,2-3H2,1H3;2*1,3-4H2,2H3;1H3;3H2,1-2H3;2H2,1H3;;3H,2H2,1H3;2H,1H3;2*1-2H3;2*1,3H;2*2H,1H3;;;2*1H;;1H;;;;;;;;;;;;;;/q;;;;;;;2*-1;;;;;;;;;;;;;;;;;;;9*+1;5*-1/p-2/b;;;4-3+;;;;;;;;;;;;;;;;;;;;;;;;;;;;;;;;;;;;;. The van der Waals surface area contributed by atoms with Crippen LogP contribution in [0.25, 0.3) is 0 Å². The molecule has 4 N–H and O–H groups in total. The molecule has 16 nitrogen and oxygen atoms in total. The van der Waals surface area contributed by atoms with Crippen LogP contribution in [-0.2, 0) is 48.0 Å². The maximum absolute atomic E-state index is 11.5. The van der Waals surface area contributed by atoms with Gasteiger partial charge < -0.3 is 80.8 Å². The fourth-order valence-electron chi connectivity index (χ4n) is 0.698. The zero-order valence-corrected chi connectivity index (χ0v) is 99.1. The van der Waals surface area contributed by atoms with Crippen molar-refractivity contribution in [1.82, 2.24) is 0 Å². The molecule has 638 valence electrons. The molecule has 0 atom stereocenters. The van der Waals surface area contributed by atoms with Crippen molar-refractivity contribution in [3.05, 3.63) is 49.6 Å². The van der Waals surface area contributed by atoms with E-state index in [0.717, 1.165) is 96.6 Å². The third-order valence-corrected chi connectivity index (χ3v) is 5.89. The summed E-state index contributed by atoms with van der Waals surface area (Å²) in [6.45, 7) is 42.6. The van der Waals surface area contributed by atoms with Crippen molar-refractivity contribution >= 4 is 131 Å². The van der Waals surface area contributed by atoms with Crippen LogP contribution in [0.3, 0.4) is 0 Å². The van der Waals surface area contributed by atoms with Crippen molar-refractivity contribution in [2.24, 2.45) is 0 Å². The number of ether oxygens (including phenoxy) is 2. The Balaban J connectivity index is -0.0000000125. The Morgan fingerprint density at radius 3 is 0.697 bits per heavy atom. The summed E-state index contributed by atoms with van der Waals surface area (Å²) in [6.07, 6.45) is 6.93. The van der Waals surface area contributed by atoms with Crippen molar-refractivity contribution in [2.75, 3.05) is 65.5 Å². The van der Waals surface area contributed by atoms with E-state index in [2.05, 4.69) is 94.8 Å². The molecule has 0 rings (SSSR count). The number of halogens is 22. The molecule has 0 amide bonds. The normalized spacial score (nSPS) is 7.30. The van der Waals surface area contributed by atoms with E-state index in [1.807, 2.05) is 48.5 Å². The number of allylic oxidation sites excluding steroid dienone is 3. The molecule has 0 saturated heterocycles. The van der Waals surface area contributed by atoms with E-state index < -0.39 is 59.1 Å². The summed E-state index contributed by atoms with van der Waals surface area (Å²) < 4.78 is 190. The molecular formula is C59H131B2Br4F18K5Li2Na2O16S. The molecular weight excluding hydrogens is 1940 g/mol. The Hall–Kier alpha value is 9.04. The molecule has 109 heavy (non-hydrogen) atoms. The van der Waals surface area contributed by atoms with Crippen LogP contribution in [0, 0.1) is 13.8 Å². The van der Waals surface area contributed by atoms with Gasteiger partial charge in [0.15, 0.2) is 17.4 Å². The molecule has 0 aliphatic carbocycles. The monoisotopic (exact) mass is 2060 g/mol. The zero-order chi connectivity index (χ0) is 82.5. The molecule has 0 aromatic heterocycles. The van der Waals surface area contributed by atoms with E-state index >= 15 is 0 Å². The van der Waals surface area contributed by atoms with Crippen LogP contribution in [0.4, 0.5) is 77.3 Å². The number of unbranched alkanes of at least 4 members (excludes halogenated alkanes) is 6. The number of aldehydes is 2. The largest absolute Gasteiger partial charge is 1.00 e. The second-order valence-corrected chi connectivity index (χ2v) is 16.1. The Morgan fingerprint density at radius 2 is 0.688 bits per heavy atom. The number of hydrogen-bond donors (Lipinski definition) is 4. The van der Waals surface area contributed by atoms with Gasteiger partial charge in [-0.2, -0.15) is 39.2 Å². The summed E-state index contributed by atoms with van der Waals surface area (Å²) >= 11 is 0.289. The molecule has 0 aromatic carbocycles. The third-order valence-electron chi connectivity index (χ3n) is 5.33. The SMILES string of the molecule is Br.Br.C/C(F)=C(/C)F.CC.CC.CC(=O)C(C)=O.CC(F)(F)C(C)(F)F.CC(F)=C(F)F.CC=O.CCBr.CCCC=O.CCCCBr.CCCCO.CCCCOC.CCO.CCOC.CO.CO.F.FC(F)=C(F)F.FS(F)(F)F.O=CO[O-].O=CO[O-].[B].[B].[CH2-]CCC.[CH2-]CCC.[H-].[H-].[H-].[H-].[H-].[K+].[K+].[K+].[K+].[K+].[Li+].[Li+].[Na+].[Na+]. The third kappa shape index (κ3) is 671. The van der Waals surface area contributed by atoms with E-state index in [1.54, 1.807) is 21.1 Å². The van der Waals surface area contributed by atoms with Crippen LogP contribution in [0.5, 0.6) is 0 Å². The average Bonchev–Trinajstić information content (AvgIpc) is 0.876. The van der Waals surface area contributed by atoms with Gasteiger partial charge in [0.2, 0.25) is 0 Å². The maximum Gasteiger partial charge on any atom is 1.00 e. The summed E-state index contributed by atoms with van der Waals surface area (Å²) in [4.78, 5) is 60.3. The van der Waals surface area contributed by atoms with Gasteiger partial charge in [-0.05, 0) is 67.2 Å². The molecule has 0 saturated carbocycles. The molecule has 0 aliphatic heterocycles. The number of aliphatic hydroxyl groups excluding tert-OH is 4. The summed E-state index contributed by atoms with van der Waals surface area (Å²) in [5, 5.41) is 48.7. The van der Waals surface area contributed by atoms with Gasteiger partial charge in [-0.3, -0.25) is 23.9 Å². The van der Waals surface area contributed by atoms with Crippen LogP contribution in [0.2, 0.25) is 0 Å². The smallest absolute Gasteiger partial charge is 1.00 e. The van der Waals surface area contributed by atoms with E-state index in [4.69, 9.17) is 50.1 Å². The Labute approximate surface area is 979 Å². The quantitative estimate of drug-likeness (QED) is 0.0129. The molecule has 0 bridgehead atoms. The number of carbonyl (C=O) groups excluding carboxylic acids is 6. The number of methoxy groups -OCH3 is 2. The minimum Gasteiger partial charge on any atom is -1.00 e. The van der Waals surface area contributed by atoms with Crippen LogP contribution < -0.4 is 364 Å². The number of aliphatic hydroxyl groups is 4. The summed E-state index contributed by atoms with van der Waals surface area (Å²) in [7, 11) is 5.41. The molecule has 6 radical (unpaired) electrons. The number of Topliss-reactive ketones (excluding diaryl/α,β-unsaturated/α-hetero) is 2. The van der Waals surface area contributed by atoms with Gasteiger partial charge in [0.05, 0.1) is 0 Å². The van der Waals surface area contributed by atoms with Gasteiger partial charge in [0.1, 0.15) is 24.2 Å². The Kier molecular flexibility index (Phi) is 585. The first-order chi connectivity index (χ1) is 43.8. The number of alkyl halides is 6. The molecule has 0 aliphatic rings. The van der Waals surface area contributed by atoms with Crippen molar-refractivity contribution in [1.29, 1.82) is 0 Å². The second-order valence-electron chi connectivity index (χ2n) is 13.5. The van der Waals surface area contributed by atoms with E-state index in [9.17, 15) is 87.0 Å². The molecule has 0 heterocycles. The molecule has 0 fully saturated rings. The summed E-state index contributed by atoms with van der Waals surface area (Å²) in [6, 6.07) is 0. The Morgan fingerprint density at radius 1 is 0.514 bits per heavy atom. The Bertz CT molecular complexity index is 1290. The van der Waals surface area contributed by atoms with Gasteiger partial charge in [-0.15, -0.1) is 34.0 Å². The van der Waals surface area contributed by atoms with Gasteiger partial charge >= 0.3 is 395 Å². The first kappa shape index (κ1) is 240. The van der Waals surface area contributed by atoms with Crippen molar-refractivity contribution in [3.8, 4) is 0 Å². The fraction of sp³-hybridized carbons (Fsp3) is 0.763. The number of rotatable bonds is 16. The molecule has 0 aromatic rings. The van der Waals surface area contributed by atoms with E-state index in [1.165, 1.54) is 59.3 Å². The first-order valence-electron chi connectivity index (χ1n) is 28.3. The maximum atomic E-state index is 11.5. The van der Waals surface area contributed by atoms with E-state index in [0.29, 0.717) is 20.0 Å². The molecule has 0 unspecified atom stereocenters. The summed E-state index contributed by atoms with van der Waals surface area (Å²) in [5.74, 6) is -11.4. The van der Waals surface area contributed by atoms with Crippen molar-refractivity contribution < 1.29 is 517 Å². The summed E-state index contributed by atoms with van der Waals surface area (Å²) in [5.41, 5.74) is 0. The predicted molar refractivity (Wildman–Crippen MR) is 397 cm³/mol.